The predicted molar refractivity (Wildman–Crippen MR) is 215 cm³/mol. The number of hydrogen-bond donors (Lipinski definition) is 7. The van der Waals surface area contributed by atoms with Gasteiger partial charge in [-0.05, 0) is 54.8 Å². The minimum absolute atomic E-state index is 0.0365. The highest BCUT2D eigenvalue weighted by molar-refractivity contribution is 7.46. The molecule has 0 spiro atoms. The number of aliphatic hydroxyl groups excluding tert-OH is 2. The van der Waals surface area contributed by atoms with Gasteiger partial charge in [0, 0.05) is 29.7 Å². The van der Waals surface area contributed by atoms with Crippen molar-refractivity contribution in [2.24, 2.45) is 16.7 Å². The van der Waals surface area contributed by atoms with E-state index in [-0.39, 0.29) is 28.7 Å². The number of carbonyl (C=O) groups is 4. The largest absolute Gasteiger partial charge is 0.471 e. The number of ether oxygens (including phenoxy) is 4. The molecule has 17 nitrogen and oxygen atoms in total. The molecule has 7 N–H and O–H groups in total. The second-order valence-corrected chi connectivity index (χ2v) is 18.3. The van der Waals surface area contributed by atoms with Crippen molar-refractivity contribution in [2.45, 2.75) is 94.4 Å². The van der Waals surface area contributed by atoms with Crippen molar-refractivity contribution >= 4 is 31.5 Å². The number of Topliss-reactive ketones (excluding diaryl/α,β-unsaturated/α-hetero) is 1. The van der Waals surface area contributed by atoms with Gasteiger partial charge >= 0.3 is 19.8 Å². The second-order valence-electron chi connectivity index (χ2n) is 17.1. The third-order valence-electron chi connectivity index (χ3n) is 13.4. The molecule has 62 heavy (non-hydrogen) atoms. The molecule has 2 bridgehead atoms. The first kappa shape index (κ1) is 45.4. The first-order valence-electron chi connectivity index (χ1n) is 20.0. The molecule has 332 valence electrons. The number of phosphoric acid groups is 1. The second kappa shape index (κ2) is 16.8. The van der Waals surface area contributed by atoms with Gasteiger partial charge in [0.2, 0.25) is 0 Å². The summed E-state index contributed by atoms with van der Waals surface area (Å²) in [6, 6.07) is 22.7. The summed E-state index contributed by atoms with van der Waals surface area (Å²) >= 11 is 0. The van der Waals surface area contributed by atoms with E-state index in [2.05, 4.69) is 9.84 Å². The number of amides is 1. The predicted octanol–water partition coefficient (Wildman–Crippen LogP) is 2.69. The Kier molecular flexibility index (Phi) is 12.3. The van der Waals surface area contributed by atoms with Gasteiger partial charge < -0.3 is 54.5 Å². The molecule has 0 aromatic heterocycles. The van der Waals surface area contributed by atoms with Crippen LogP contribution >= 0.6 is 7.82 Å². The lowest BCUT2D eigenvalue weighted by atomic mass is 9.44. The van der Waals surface area contributed by atoms with Gasteiger partial charge in [-0.15, -0.1) is 0 Å². The van der Waals surface area contributed by atoms with Crippen LogP contribution in [0.1, 0.15) is 72.9 Å². The fourth-order valence-corrected chi connectivity index (χ4v) is 10.1. The molecule has 3 aromatic carbocycles. The molecule has 2 saturated carbocycles. The van der Waals surface area contributed by atoms with Gasteiger partial charge in [0.05, 0.1) is 35.8 Å². The number of nitrogens with one attached hydrogen (secondary N) is 1. The van der Waals surface area contributed by atoms with E-state index in [0.717, 1.165) is 0 Å². The van der Waals surface area contributed by atoms with Gasteiger partial charge in [-0.25, -0.2) is 14.2 Å². The fraction of sp³-hybridized carbons (Fsp3) is 0.455. The van der Waals surface area contributed by atoms with Crippen molar-refractivity contribution in [3.05, 3.63) is 119 Å². The average molecular weight is 880 g/mol. The standard InChI is InChI=1S/C44H50NO16P/c1-24-28(60-40(51)34(47)32(25-14-8-5-9-15-25)45-38(49)26-16-10-6-11-17-26)21-44(53)37(61-39(50)27-18-12-7-13-19-27)35-42(4,36(48)33(46)31(24)41(44,2)3)29(58-23-59-62(54,55)56)20-30-43(35,52)22-57-30/h5-19,28-30,32-35,37,46-47,52-53H,20-23H2,1-4H3,(H,45,49)(H2,54,55,56)/t28?,29?,30?,32?,33?,34?,35?,37?,42-,43?,44?/m1/s1. The number of carbonyl (C=O) groups excluding carboxylic acids is 4. The number of hydrogen-bond acceptors (Lipinski definition) is 14. The Hall–Kier alpha value is -4.65. The number of aliphatic hydroxyl groups is 4. The molecular formula is C44H50NO16P. The maximum absolute atomic E-state index is 15.2. The highest BCUT2D eigenvalue weighted by Gasteiger charge is 2.76. The third-order valence-corrected chi connectivity index (χ3v) is 13.8. The molecule has 1 aliphatic heterocycles. The Morgan fingerprint density at radius 3 is 2.05 bits per heavy atom. The van der Waals surface area contributed by atoms with Gasteiger partial charge in [-0.3, -0.25) is 14.1 Å². The quantitative estimate of drug-likeness (QED) is 0.0597. The molecule has 3 aromatic rings. The lowest BCUT2D eigenvalue weighted by Crippen LogP contribution is -2.81. The van der Waals surface area contributed by atoms with Crippen LogP contribution in [0.25, 0.3) is 0 Å². The zero-order valence-corrected chi connectivity index (χ0v) is 35.2. The first-order chi connectivity index (χ1) is 29.1. The summed E-state index contributed by atoms with van der Waals surface area (Å²) in [4.78, 5) is 75.7. The average Bonchev–Trinajstić information content (AvgIpc) is 3.24. The van der Waals surface area contributed by atoms with Crippen LogP contribution < -0.4 is 5.32 Å². The third kappa shape index (κ3) is 7.85. The van der Waals surface area contributed by atoms with Crippen LogP contribution in [0, 0.1) is 16.7 Å². The van der Waals surface area contributed by atoms with Crippen LogP contribution in [-0.2, 0) is 37.6 Å². The monoisotopic (exact) mass is 879 g/mol. The van der Waals surface area contributed by atoms with E-state index in [4.69, 9.17) is 18.9 Å². The zero-order valence-electron chi connectivity index (χ0n) is 34.3. The van der Waals surface area contributed by atoms with Crippen LogP contribution in [-0.4, -0.2) is 115 Å². The molecule has 7 rings (SSSR count). The molecular weight excluding hydrogens is 829 g/mol. The van der Waals surface area contributed by atoms with E-state index in [1.54, 1.807) is 78.9 Å². The summed E-state index contributed by atoms with van der Waals surface area (Å²) < 4.78 is 40.1. The summed E-state index contributed by atoms with van der Waals surface area (Å²) in [7, 11) is -5.09. The van der Waals surface area contributed by atoms with E-state index in [0.29, 0.717) is 5.56 Å². The molecule has 4 aliphatic rings. The van der Waals surface area contributed by atoms with E-state index >= 15 is 4.79 Å². The van der Waals surface area contributed by atoms with Crippen LogP contribution in [0.3, 0.4) is 0 Å². The van der Waals surface area contributed by atoms with E-state index < -0.39 is 122 Å². The number of phosphoric ester groups is 1. The fourth-order valence-electron chi connectivity index (χ4n) is 9.94. The summed E-state index contributed by atoms with van der Waals surface area (Å²) in [6.07, 6.45) is -10.9. The van der Waals surface area contributed by atoms with Crippen LogP contribution in [0.15, 0.2) is 102 Å². The topological polar surface area (TPSA) is 265 Å². The zero-order chi connectivity index (χ0) is 45.0. The summed E-state index contributed by atoms with van der Waals surface area (Å²) in [5.41, 5.74) is -7.61. The minimum Gasteiger partial charge on any atom is -0.456 e. The molecule has 10 unspecified atom stereocenters. The van der Waals surface area contributed by atoms with Crippen molar-refractivity contribution < 1.29 is 77.4 Å². The van der Waals surface area contributed by atoms with Crippen LogP contribution in [0.5, 0.6) is 0 Å². The van der Waals surface area contributed by atoms with Crippen molar-refractivity contribution in [3.63, 3.8) is 0 Å². The van der Waals surface area contributed by atoms with E-state index in [1.165, 1.54) is 39.8 Å². The van der Waals surface area contributed by atoms with Crippen LogP contribution in [0.2, 0.25) is 0 Å². The number of esters is 2. The van der Waals surface area contributed by atoms with Gasteiger partial charge in [-0.2, -0.15) is 0 Å². The molecule has 3 fully saturated rings. The Bertz CT molecular complexity index is 2270. The number of fused-ring (bicyclic) bond motifs is 5. The Morgan fingerprint density at radius 1 is 0.903 bits per heavy atom. The highest BCUT2D eigenvalue weighted by Crippen LogP contribution is 2.63. The van der Waals surface area contributed by atoms with Crippen molar-refractivity contribution in [1.29, 1.82) is 0 Å². The molecule has 1 heterocycles. The lowest BCUT2D eigenvalue weighted by molar-refractivity contribution is -0.349. The van der Waals surface area contributed by atoms with Crippen molar-refractivity contribution in [1.82, 2.24) is 5.32 Å². The molecule has 3 aliphatic carbocycles. The first-order valence-corrected chi connectivity index (χ1v) is 21.5. The number of ketones is 1. The van der Waals surface area contributed by atoms with Crippen molar-refractivity contribution in [3.8, 4) is 0 Å². The van der Waals surface area contributed by atoms with E-state index in [1.807, 2.05) is 0 Å². The number of benzene rings is 3. The summed E-state index contributed by atoms with van der Waals surface area (Å²) in [6.45, 7) is 4.39. The van der Waals surface area contributed by atoms with Gasteiger partial charge in [0.25, 0.3) is 5.91 Å². The molecule has 18 heteroatoms. The Balaban J connectivity index is 1.33. The molecule has 1 amide bonds. The highest BCUT2D eigenvalue weighted by atomic mass is 31.2. The normalized spacial score (nSPS) is 32.4. The SMILES string of the molecule is CC1=C2C(O)C(=O)[C@]3(C)C(OCOP(=O)(O)O)CC4OCC4(O)C3C(OC(=O)c3ccccc3)C(O)(CC1OC(=O)C(O)C(NC(=O)c1ccccc1)c1ccccc1)C2(C)C. The molecule has 11 atom stereocenters. The van der Waals surface area contributed by atoms with E-state index in [9.17, 15) is 49.2 Å². The Morgan fingerprint density at radius 2 is 1.48 bits per heavy atom. The lowest BCUT2D eigenvalue weighted by Gasteiger charge is -2.67. The molecule has 1 saturated heterocycles. The number of rotatable bonds is 12. The minimum atomic E-state index is -5.09. The maximum atomic E-state index is 15.2. The summed E-state index contributed by atoms with van der Waals surface area (Å²) in [5, 5.41) is 52.7. The van der Waals surface area contributed by atoms with Gasteiger partial charge in [0.15, 0.2) is 18.7 Å². The van der Waals surface area contributed by atoms with Gasteiger partial charge in [-0.1, -0.05) is 80.6 Å². The smallest absolute Gasteiger partial charge is 0.456 e. The Labute approximate surface area is 356 Å². The maximum Gasteiger partial charge on any atom is 0.471 e. The van der Waals surface area contributed by atoms with Crippen LogP contribution in [0.4, 0.5) is 0 Å². The van der Waals surface area contributed by atoms with Crippen molar-refractivity contribution in [2.75, 3.05) is 13.4 Å². The van der Waals surface area contributed by atoms with Gasteiger partial charge in [0.1, 0.15) is 29.5 Å². The molecule has 0 radical (unpaired) electrons. The summed E-state index contributed by atoms with van der Waals surface area (Å²) in [5.74, 6) is -5.46.